The average molecular weight is 139 g/mol. The number of aromatic nitrogens is 2. The minimum absolute atomic E-state index is 0.237. The van der Waals surface area contributed by atoms with Crippen molar-refractivity contribution in [3.63, 3.8) is 0 Å². The van der Waals surface area contributed by atoms with Gasteiger partial charge in [0, 0.05) is 5.69 Å². The van der Waals surface area contributed by atoms with E-state index in [-0.39, 0.29) is 12.3 Å². The number of carbonyl (C=O) groups is 1. The zero-order valence-electron chi connectivity index (χ0n) is 5.72. The molecule has 1 aromatic rings. The fraction of sp³-hybridized carbons (Fsp3) is 0.333. The third kappa shape index (κ3) is 1.58. The Bertz CT molecular complexity index is 241. The molecule has 3 N–H and O–H groups in total. The average Bonchev–Trinajstić information content (AvgIpc) is 2.13. The second kappa shape index (κ2) is 2.51. The second-order valence-electron chi connectivity index (χ2n) is 2.18. The Kier molecular flexibility index (Phi) is 1.71. The number of aromatic amines is 1. The van der Waals surface area contributed by atoms with Crippen LogP contribution in [0.4, 0.5) is 0 Å². The summed E-state index contributed by atoms with van der Waals surface area (Å²) in [6, 6.07) is 1.80. The first kappa shape index (κ1) is 6.80. The highest BCUT2D eigenvalue weighted by Crippen LogP contribution is 1.96. The number of amides is 1. The van der Waals surface area contributed by atoms with Crippen molar-refractivity contribution in [1.82, 2.24) is 10.2 Å². The van der Waals surface area contributed by atoms with Gasteiger partial charge in [0.15, 0.2) is 0 Å². The molecule has 0 unspecified atom stereocenters. The van der Waals surface area contributed by atoms with Gasteiger partial charge in [0.05, 0.1) is 12.1 Å². The van der Waals surface area contributed by atoms with Crippen LogP contribution < -0.4 is 5.73 Å². The molecule has 0 saturated carbocycles. The van der Waals surface area contributed by atoms with Crippen molar-refractivity contribution in [2.24, 2.45) is 5.73 Å². The quantitative estimate of drug-likeness (QED) is 0.592. The first-order chi connectivity index (χ1) is 4.68. The first-order valence-corrected chi connectivity index (χ1v) is 2.97. The van der Waals surface area contributed by atoms with Crippen LogP contribution in [0.1, 0.15) is 11.4 Å². The molecule has 0 aliphatic heterocycles. The maximum atomic E-state index is 10.4. The molecule has 1 heterocycles. The molecule has 0 fully saturated rings. The predicted molar refractivity (Wildman–Crippen MR) is 36.2 cm³/mol. The number of H-pyrrole nitrogens is 1. The summed E-state index contributed by atoms with van der Waals surface area (Å²) in [5, 5.41) is 6.52. The molecule has 10 heavy (non-hydrogen) atoms. The fourth-order valence-electron chi connectivity index (χ4n) is 0.755. The lowest BCUT2D eigenvalue weighted by atomic mass is 10.3. The number of nitrogens with one attached hydrogen (secondary N) is 1. The maximum absolute atomic E-state index is 10.4. The van der Waals surface area contributed by atoms with Crippen molar-refractivity contribution < 1.29 is 4.79 Å². The van der Waals surface area contributed by atoms with Gasteiger partial charge in [-0.2, -0.15) is 5.10 Å². The number of nitrogens with zero attached hydrogens (tertiary/aromatic N) is 1. The van der Waals surface area contributed by atoms with Crippen LogP contribution in [0.15, 0.2) is 6.07 Å². The molecule has 1 rings (SSSR count). The number of hydrogen-bond acceptors (Lipinski definition) is 2. The van der Waals surface area contributed by atoms with Gasteiger partial charge in [-0.05, 0) is 13.0 Å². The molecule has 54 valence electrons. The van der Waals surface area contributed by atoms with E-state index < -0.39 is 0 Å². The second-order valence-corrected chi connectivity index (χ2v) is 2.18. The van der Waals surface area contributed by atoms with Crippen LogP contribution in [0.3, 0.4) is 0 Å². The normalized spacial score (nSPS) is 9.70. The van der Waals surface area contributed by atoms with E-state index in [2.05, 4.69) is 10.2 Å². The van der Waals surface area contributed by atoms with Crippen molar-refractivity contribution in [3.05, 3.63) is 17.5 Å². The maximum Gasteiger partial charge on any atom is 0.223 e. The van der Waals surface area contributed by atoms with Gasteiger partial charge in [-0.3, -0.25) is 9.89 Å². The summed E-state index contributed by atoms with van der Waals surface area (Å²) in [6.07, 6.45) is 0.237. The molecule has 0 aliphatic rings. The SMILES string of the molecule is Cc1cc(CC(N)=O)[nH]n1. The van der Waals surface area contributed by atoms with Crippen LogP contribution in [0.2, 0.25) is 0 Å². The lowest BCUT2D eigenvalue weighted by Gasteiger charge is -1.86. The van der Waals surface area contributed by atoms with Crippen LogP contribution in [-0.4, -0.2) is 16.1 Å². The van der Waals surface area contributed by atoms with Crippen LogP contribution in [0.5, 0.6) is 0 Å². The van der Waals surface area contributed by atoms with Gasteiger partial charge in [-0.25, -0.2) is 0 Å². The number of rotatable bonds is 2. The minimum Gasteiger partial charge on any atom is -0.369 e. The fourth-order valence-corrected chi connectivity index (χ4v) is 0.755. The zero-order valence-corrected chi connectivity index (χ0v) is 5.72. The van der Waals surface area contributed by atoms with Gasteiger partial charge in [-0.1, -0.05) is 0 Å². The molecule has 0 atom stereocenters. The molecule has 0 aliphatic carbocycles. The Morgan fingerprint density at radius 3 is 3.00 bits per heavy atom. The summed E-state index contributed by atoms with van der Waals surface area (Å²) in [6.45, 7) is 1.85. The summed E-state index contributed by atoms with van der Waals surface area (Å²) in [5.41, 5.74) is 6.59. The standard InChI is InChI=1S/C6H9N3O/c1-4-2-5(9-8-4)3-6(7)10/h2H,3H2,1H3,(H2,7,10)(H,8,9). The van der Waals surface area contributed by atoms with Crippen molar-refractivity contribution >= 4 is 5.91 Å². The van der Waals surface area contributed by atoms with Crippen LogP contribution in [0.25, 0.3) is 0 Å². The van der Waals surface area contributed by atoms with Crippen LogP contribution in [-0.2, 0) is 11.2 Å². The Hall–Kier alpha value is -1.32. The third-order valence-corrected chi connectivity index (χ3v) is 1.12. The lowest BCUT2D eigenvalue weighted by molar-refractivity contribution is -0.117. The third-order valence-electron chi connectivity index (χ3n) is 1.12. The van der Waals surface area contributed by atoms with Crippen molar-refractivity contribution in [2.45, 2.75) is 13.3 Å². The predicted octanol–water partition coefficient (Wildman–Crippen LogP) is -0.254. The molecular formula is C6H9N3O. The topological polar surface area (TPSA) is 71.8 Å². The summed E-state index contributed by atoms with van der Waals surface area (Å²) in [5.74, 6) is -0.344. The van der Waals surface area contributed by atoms with E-state index in [0.717, 1.165) is 11.4 Å². The monoisotopic (exact) mass is 139 g/mol. The van der Waals surface area contributed by atoms with Gasteiger partial charge in [-0.15, -0.1) is 0 Å². The molecule has 0 radical (unpaired) electrons. The number of aryl methyl sites for hydroxylation is 1. The Morgan fingerprint density at radius 1 is 1.90 bits per heavy atom. The van der Waals surface area contributed by atoms with E-state index in [1.54, 1.807) is 6.07 Å². The van der Waals surface area contributed by atoms with E-state index in [1.165, 1.54) is 0 Å². The van der Waals surface area contributed by atoms with E-state index in [4.69, 9.17) is 5.73 Å². The highest BCUT2D eigenvalue weighted by Gasteiger charge is 1.99. The summed E-state index contributed by atoms with van der Waals surface area (Å²) in [7, 11) is 0. The Labute approximate surface area is 58.4 Å². The molecule has 0 saturated heterocycles. The molecule has 1 amide bonds. The zero-order chi connectivity index (χ0) is 7.56. The van der Waals surface area contributed by atoms with Gasteiger partial charge < -0.3 is 5.73 Å². The number of primary amides is 1. The van der Waals surface area contributed by atoms with Crippen molar-refractivity contribution in [1.29, 1.82) is 0 Å². The van der Waals surface area contributed by atoms with E-state index in [0.29, 0.717) is 0 Å². The number of hydrogen-bond donors (Lipinski definition) is 2. The summed E-state index contributed by atoms with van der Waals surface area (Å²) < 4.78 is 0. The van der Waals surface area contributed by atoms with E-state index >= 15 is 0 Å². The number of nitrogens with two attached hydrogens (primary N) is 1. The van der Waals surface area contributed by atoms with Crippen molar-refractivity contribution in [2.75, 3.05) is 0 Å². The van der Waals surface area contributed by atoms with Gasteiger partial charge in [0.25, 0.3) is 0 Å². The van der Waals surface area contributed by atoms with Crippen LogP contribution >= 0.6 is 0 Å². The van der Waals surface area contributed by atoms with Gasteiger partial charge in [0.1, 0.15) is 0 Å². The molecular weight excluding hydrogens is 130 g/mol. The molecule has 0 aromatic carbocycles. The Balaban J connectivity index is 2.67. The summed E-state index contributed by atoms with van der Waals surface area (Å²) >= 11 is 0. The van der Waals surface area contributed by atoms with E-state index in [9.17, 15) is 4.79 Å². The molecule has 0 spiro atoms. The first-order valence-electron chi connectivity index (χ1n) is 2.97. The number of carbonyl (C=O) groups excluding carboxylic acids is 1. The minimum atomic E-state index is -0.344. The smallest absolute Gasteiger partial charge is 0.223 e. The molecule has 4 heteroatoms. The highest BCUT2D eigenvalue weighted by molar-refractivity contribution is 5.76. The lowest BCUT2D eigenvalue weighted by Crippen LogP contribution is -2.13. The van der Waals surface area contributed by atoms with Gasteiger partial charge >= 0.3 is 0 Å². The van der Waals surface area contributed by atoms with Crippen molar-refractivity contribution in [3.8, 4) is 0 Å². The highest BCUT2D eigenvalue weighted by atomic mass is 16.1. The Morgan fingerprint density at radius 2 is 2.60 bits per heavy atom. The molecule has 1 aromatic heterocycles. The van der Waals surface area contributed by atoms with E-state index in [1.807, 2.05) is 6.92 Å². The van der Waals surface area contributed by atoms with Crippen LogP contribution in [0, 0.1) is 6.92 Å². The molecule has 4 nitrogen and oxygen atoms in total. The summed E-state index contributed by atoms with van der Waals surface area (Å²) in [4.78, 5) is 10.4. The molecule has 0 bridgehead atoms. The van der Waals surface area contributed by atoms with Gasteiger partial charge in [0.2, 0.25) is 5.91 Å². The largest absolute Gasteiger partial charge is 0.369 e.